The quantitative estimate of drug-likeness (QED) is 0.689. The summed E-state index contributed by atoms with van der Waals surface area (Å²) in [5.74, 6) is 0.579. The van der Waals surface area contributed by atoms with E-state index in [-0.39, 0.29) is 6.04 Å². The molecule has 0 aromatic heterocycles. The largest absolute Gasteiger partial charge is 0.401 e. The summed E-state index contributed by atoms with van der Waals surface area (Å²) in [6.45, 7) is 1.24. The van der Waals surface area contributed by atoms with Crippen LogP contribution in [0.3, 0.4) is 0 Å². The van der Waals surface area contributed by atoms with Crippen molar-refractivity contribution in [3.05, 3.63) is 0 Å². The van der Waals surface area contributed by atoms with Crippen LogP contribution in [0.1, 0.15) is 26.2 Å². The van der Waals surface area contributed by atoms with Crippen LogP contribution < -0.4 is 5.32 Å². The molecule has 2 unspecified atom stereocenters. The van der Waals surface area contributed by atoms with Gasteiger partial charge in [0.25, 0.3) is 0 Å². The lowest BCUT2D eigenvalue weighted by Gasteiger charge is -2.13. The Morgan fingerprint density at radius 1 is 1.33 bits per heavy atom. The molecule has 0 radical (unpaired) electrons. The van der Waals surface area contributed by atoms with Crippen molar-refractivity contribution in [1.29, 1.82) is 0 Å². The van der Waals surface area contributed by atoms with Gasteiger partial charge < -0.3 is 5.32 Å². The van der Waals surface area contributed by atoms with Gasteiger partial charge >= 0.3 is 6.18 Å². The van der Waals surface area contributed by atoms with Crippen molar-refractivity contribution in [2.24, 2.45) is 5.92 Å². The van der Waals surface area contributed by atoms with Crippen molar-refractivity contribution < 1.29 is 13.2 Å². The van der Waals surface area contributed by atoms with E-state index in [9.17, 15) is 13.2 Å². The molecule has 0 bridgehead atoms. The summed E-state index contributed by atoms with van der Waals surface area (Å²) in [7, 11) is 0. The van der Waals surface area contributed by atoms with Crippen LogP contribution in [0.4, 0.5) is 13.2 Å². The number of nitrogens with one attached hydrogen (secondary N) is 1. The van der Waals surface area contributed by atoms with E-state index in [0.717, 1.165) is 19.3 Å². The number of hydrogen-bond donors (Lipinski definition) is 1. The zero-order chi connectivity index (χ0) is 9.19. The second-order valence-electron chi connectivity index (χ2n) is 3.61. The van der Waals surface area contributed by atoms with E-state index in [1.54, 1.807) is 0 Å². The van der Waals surface area contributed by atoms with E-state index in [2.05, 4.69) is 12.2 Å². The first-order chi connectivity index (χ1) is 5.47. The minimum absolute atomic E-state index is 0.0848. The van der Waals surface area contributed by atoms with Crippen molar-refractivity contribution in [2.75, 3.05) is 6.54 Å². The van der Waals surface area contributed by atoms with Crippen LogP contribution in [0, 0.1) is 5.92 Å². The molecule has 1 nitrogen and oxygen atoms in total. The Bertz CT molecular complexity index is 144. The maximum Gasteiger partial charge on any atom is 0.401 e. The van der Waals surface area contributed by atoms with Crippen molar-refractivity contribution in [3.63, 3.8) is 0 Å². The molecule has 12 heavy (non-hydrogen) atoms. The third-order valence-corrected chi connectivity index (χ3v) is 2.29. The Hall–Kier alpha value is -0.250. The van der Waals surface area contributed by atoms with E-state index < -0.39 is 12.7 Å². The summed E-state index contributed by atoms with van der Waals surface area (Å²) in [5, 5.41) is 2.53. The molecule has 1 saturated carbocycles. The fraction of sp³-hybridized carbons (Fsp3) is 1.00. The van der Waals surface area contributed by atoms with Gasteiger partial charge in [0.2, 0.25) is 0 Å². The van der Waals surface area contributed by atoms with Gasteiger partial charge in [-0.25, -0.2) is 0 Å². The molecule has 0 aromatic rings. The molecule has 0 amide bonds. The third kappa shape index (κ3) is 3.43. The van der Waals surface area contributed by atoms with Crippen LogP contribution >= 0.6 is 0 Å². The molecule has 0 spiro atoms. The van der Waals surface area contributed by atoms with Gasteiger partial charge in [0.15, 0.2) is 0 Å². The van der Waals surface area contributed by atoms with Crippen LogP contribution in [-0.2, 0) is 0 Å². The van der Waals surface area contributed by atoms with Crippen LogP contribution in [0.25, 0.3) is 0 Å². The number of rotatable bonds is 2. The molecule has 0 saturated heterocycles. The zero-order valence-corrected chi connectivity index (χ0v) is 7.12. The predicted octanol–water partition coefficient (Wildman–Crippen LogP) is 2.33. The molecular weight excluding hydrogens is 167 g/mol. The first-order valence-electron chi connectivity index (χ1n) is 4.27. The average molecular weight is 181 g/mol. The predicted molar refractivity (Wildman–Crippen MR) is 40.9 cm³/mol. The highest BCUT2D eigenvalue weighted by molar-refractivity contribution is 4.78. The Labute approximate surface area is 70.3 Å². The van der Waals surface area contributed by atoms with Gasteiger partial charge in [0.1, 0.15) is 0 Å². The van der Waals surface area contributed by atoms with E-state index in [0.29, 0.717) is 5.92 Å². The standard InChI is InChI=1S/C8H14F3N/c1-6-2-3-7(4-6)12-5-8(9,10)11/h6-7,12H,2-5H2,1H3. The lowest BCUT2D eigenvalue weighted by Crippen LogP contribution is -2.35. The molecule has 72 valence electrons. The highest BCUT2D eigenvalue weighted by Gasteiger charge is 2.29. The molecular formula is C8H14F3N. The number of hydrogen-bond acceptors (Lipinski definition) is 1. The molecule has 1 rings (SSSR count). The Balaban J connectivity index is 2.16. The number of halogens is 3. The van der Waals surface area contributed by atoms with Crippen LogP contribution in [0.2, 0.25) is 0 Å². The summed E-state index contributed by atoms with van der Waals surface area (Å²) >= 11 is 0. The van der Waals surface area contributed by atoms with Gasteiger partial charge in [0.05, 0.1) is 6.54 Å². The molecule has 1 aliphatic carbocycles. The van der Waals surface area contributed by atoms with E-state index in [4.69, 9.17) is 0 Å². The minimum Gasteiger partial charge on any atom is -0.306 e. The van der Waals surface area contributed by atoms with Crippen molar-refractivity contribution in [2.45, 2.75) is 38.4 Å². The maximum absolute atomic E-state index is 11.7. The Kier molecular flexibility index (Phi) is 2.99. The van der Waals surface area contributed by atoms with Crippen LogP contribution in [0.5, 0.6) is 0 Å². The van der Waals surface area contributed by atoms with Gasteiger partial charge in [-0.15, -0.1) is 0 Å². The summed E-state index contributed by atoms with van der Waals surface area (Å²) in [6, 6.07) is 0.0848. The fourth-order valence-electron chi connectivity index (χ4n) is 1.65. The summed E-state index contributed by atoms with van der Waals surface area (Å²) in [4.78, 5) is 0. The summed E-state index contributed by atoms with van der Waals surface area (Å²) in [5.41, 5.74) is 0. The summed E-state index contributed by atoms with van der Waals surface area (Å²) in [6.07, 6.45) is -1.24. The summed E-state index contributed by atoms with van der Waals surface area (Å²) < 4.78 is 35.2. The van der Waals surface area contributed by atoms with Gasteiger partial charge in [-0.3, -0.25) is 0 Å². The minimum atomic E-state index is -4.06. The fourth-order valence-corrected chi connectivity index (χ4v) is 1.65. The first-order valence-corrected chi connectivity index (χ1v) is 4.27. The molecule has 2 atom stereocenters. The van der Waals surface area contributed by atoms with Crippen LogP contribution in [-0.4, -0.2) is 18.8 Å². The molecule has 0 aliphatic heterocycles. The molecule has 0 aromatic carbocycles. The molecule has 4 heteroatoms. The van der Waals surface area contributed by atoms with Gasteiger partial charge in [-0.05, 0) is 25.2 Å². The van der Waals surface area contributed by atoms with Gasteiger partial charge in [-0.1, -0.05) is 6.92 Å². The lowest BCUT2D eigenvalue weighted by atomic mass is 10.1. The highest BCUT2D eigenvalue weighted by atomic mass is 19.4. The van der Waals surface area contributed by atoms with Crippen molar-refractivity contribution in [3.8, 4) is 0 Å². The number of alkyl halides is 3. The van der Waals surface area contributed by atoms with Gasteiger partial charge in [-0.2, -0.15) is 13.2 Å². The van der Waals surface area contributed by atoms with Crippen molar-refractivity contribution in [1.82, 2.24) is 5.32 Å². The maximum atomic E-state index is 11.7. The van der Waals surface area contributed by atoms with E-state index in [1.165, 1.54) is 0 Å². The molecule has 1 fully saturated rings. The van der Waals surface area contributed by atoms with Gasteiger partial charge in [0, 0.05) is 6.04 Å². The Morgan fingerprint density at radius 3 is 2.42 bits per heavy atom. The van der Waals surface area contributed by atoms with Crippen molar-refractivity contribution >= 4 is 0 Å². The normalized spacial score (nSPS) is 31.0. The zero-order valence-electron chi connectivity index (χ0n) is 7.12. The average Bonchev–Trinajstić information content (AvgIpc) is 2.30. The third-order valence-electron chi connectivity index (χ3n) is 2.29. The van der Waals surface area contributed by atoms with E-state index >= 15 is 0 Å². The molecule has 0 heterocycles. The second-order valence-corrected chi connectivity index (χ2v) is 3.61. The molecule has 1 N–H and O–H groups in total. The highest BCUT2D eigenvalue weighted by Crippen LogP contribution is 2.25. The Morgan fingerprint density at radius 2 is 2.00 bits per heavy atom. The van der Waals surface area contributed by atoms with Crippen LogP contribution in [0.15, 0.2) is 0 Å². The smallest absolute Gasteiger partial charge is 0.306 e. The monoisotopic (exact) mass is 181 g/mol. The van der Waals surface area contributed by atoms with E-state index in [1.807, 2.05) is 0 Å². The topological polar surface area (TPSA) is 12.0 Å². The second kappa shape index (κ2) is 3.64. The molecule has 1 aliphatic rings. The first kappa shape index (κ1) is 9.84. The SMILES string of the molecule is CC1CCC(NCC(F)(F)F)C1. The lowest BCUT2D eigenvalue weighted by molar-refractivity contribution is -0.126.